The molecule has 1 aromatic rings. The number of aliphatic hydroxyl groups excluding tert-OH is 1. The Morgan fingerprint density at radius 2 is 1.92 bits per heavy atom. The molecule has 132 valence electrons. The van der Waals surface area contributed by atoms with Crippen LogP contribution in [0.15, 0.2) is 18.3 Å². The van der Waals surface area contributed by atoms with Crippen molar-refractivity contribution >= 4 is 11.8 Å². The molecule has 2 amide bonds. The molecule has 1 aliphatic heterocycles. The van der Waals surface area contributed by atoms with Crippen molar-refractivity contribution in [1.82, 2.24) is 19.7 Å². The Morgan fingerprint density at radius 3 is 2.50 bits per heavy atom. The van der Waals surface area contributed by atoms with Crippen molar-refractivity contribution < 1.29 is 14.7 Å². The number of rotatable bonds is 3. The number of aromatic nitrogens is 1. The lowest BCUT2D eigenvalue weighted by Crippen LogP contribution is -2.55. The lowest BCUT2D eigenvalue weighted by Gasteiger charge is -2.39. The van der Waals surface area contributed by atoms with Gasteiger partial charge < -0.3 is 19.9 Å². The number of aryl methyl sites for hydroxylation is 1. The number of hydrogen-bond donors (Lipinski definition) is 2. The second kappa shape index (κ2) is 6.94. The van der Waals surface area contributed by atoms with Crippen LogP contribution in [0.1, 0.15) is 30.3 Å². The van der Waals surface area contributed by atoms with Crippen LogP contribution in [0.5, 0.6) is 0 Å². The highest BCUT2D eigenvalue weighted by atomic mass is 16.3. The van der Waals surface area contributed by atoms with E-state index in [0.717, 1.165) is 25.9 Å². The first-order valence-corrected chi connectivity index (χ1v) is 8.57. The summed E-state index contributed by atoms with van der Waals surface area (Å²) in [6.45, 7) is 4.56. The maximum atomic E-state index is 12.3. The van der Waals surface area contributed by atoms with E-state index >= 15 is 0 Å². The fourth-order valence-electron chi connectivity index (χ4n) is 3.82. The van der Waals surface area contributed by atoms with Gasteiger partial charge in [-0.25, -0.2) is 0 Å². The zero-order chi connectivity index (χ0) is 17.3. The minimum Gasteiger partial charge on any atom is -0.389 e. The van der Waals surface area contributed by atoms with E-state index in [2.05, 4.69) is 10.2 Å². The van der Waals surface area contributed by atoms with Crippen molar-refractivity contribution in [2.24, 2.45) is 7.05 Å². The van der Waals surface area contributed by atoms with Crippen LogP contribution in [0.4, 0.5) is 0 Å². The molecule has 2 fully saturated rings. The number of nitrogens with one attached hydrogen (secondary N) is 1. The van der Waals surface area contributed by atoms with Crippen molar-refractivity contribution in [3.05, 3.63) is 24.0 Å². The number of carbonyl (C=O) groups excluding carboxylic acids is 2. The van der Waals surface area contributed by atoms with E-state index < -0.39 is 6.10 Å². The SMILES string of the molecule is CC(=O)N1CCN([C@@H]2CC[C@@H](NC(=O)c3cccn3C)[C@H]2O)CC1. The monoisotopic (exact) mass is 334 g/mol. The number of hydrogen-bond acceptors (Lipinski definition) is 4. The Morgan fingerprint density at radius 1 is 1.21 bits per heavy atom. The minimum absolute atomic E-state index is 0.0535. The molecule has 1 saturated carbocycles. The Labute approximate surface area is 142 Å². The molecule has 7 nitrogen and oxygen atoms in total. The normalized spacial score (nSPS) is 28.1. The Bertz CT molecular complexity index is 607. The summed E-state index contributed by atoms with van der Waals surface area (Å²) in [5.41, 5.74) is 0.598. The number of aliphatic hydroxyl groups is 1. The quantitative estimate of drug-likeness (QED) is 0.803. The van der Waals surface area contributed by atoms with Crippen molar-refractivity contribution in [2.45, 2.75) is 38.0 Å². The number of nitrogens with zero attached hydrogens (tertiary/aromatic N) is 3. The summed E-state index contributed by atoms with van der Waals surface area (Å²) in [5.74, 6) is -0.0390. The fourth-order valence-corrected chi connectivity index (χ4v) is 3.82. The van der Waals surface area contributed by atoms with Crippen LogP contribution < -0.4 is 5.32 Å². The smallest absolute Gasteiger partial charge is 0.268 e. The molecule has 3 atom stereocenters. The summed E-state index contributed by atoms with van der Waals surface area (Å²) in [5, 5.41) is 13.6. The number of carbonyl (C=O) groups is 2. The van der Waals surface area contributed by atoms with E-state index in [0.29, 0.717) is 18.8 Å². The van der Waals surface area contributed by atoms with Gasteiger partial charge in [-0.15, -0.1) is 0 Å². The van der Waals surface area contributed by atoms with Gasteiger partial charge in [-0.05, 0) is 25.0 Å². The van der Waals surface area contributed by atoms with Crippen LogP contribution in [0.25, 0.3) is 0 Å². The first-order chi connectivity index (χ1) is 11.5. The van der Waals surface area contributed by atoms with Crippen molar-refractivity contribution in [3.63, 3.8) is 0 Å². The second-order valence-corrected chi connectivity index (χ2v) is 6.76. The Kier molecular flexibility index (Phi) is 4.91. The predicted molar refractivity (Wildman–Crippen MR) is 89.5 cm³/mol. The largest absolute Gasteiger partial charge is 0.389 e. The molecule has 2 heterocycles. The Hall–Kier alpha value is -1.86. The van der Waals surface area contributed by atoms with E-state index in [-0.39, 0.29) is 23.9 Å². The molecule has 0 radical (unpaired) electrons. The summed E-state index contributed by atoms with van der Waals surface area (Å²) in [7, 11) is 1.83. The molecule has 0 unspecified atom stereocenters. The molecule has 3 rings (SSSR count). The van der Waals surface area contributed by atoms with E-state index in [1.54, 1.807) is 17.6 Å². The first-order valence-electron chi connectivity index (χ1n) is 8.57. The fraction of sp³-hybridized carbons (Fsp3) is 0.647. The highest BCUT2D eigenvalue weighted by Crippen LogP contribution is 2.26. The molecular formula is C17H26N4O3. The maximum Gasteiger partial charge on any atom is 0.268 e. The average Bonchev–Trinajstić information content (AvgIpc) is 3.14. The van der Waals surface area contributed by atoms with Crippen LogP contribution in [-0.4, -0.2) is 75.7 Å². The van der Waals surface area contributed by atoms with Crippen LogP contribution >= 0.6 is 0 Å². The van der Waals surface area contributed by atoms with Crippen LogP contribution in [0.3, 0.4) is 0 Å². The number of amides is 2. The maximum absolute atomic E-state index is 12.3. The van der Waals surface area contributed by atoms with Gasteiger partial charge in [0.05, 0.1) is 12.1 Å². The van der Waals surface area contributed by atoms with Gasteiger partial charge in [-0.1, -0.05) is 0 Å². The third-order valence-corrected chi connectivity index (χ3v) is 5.30. The lowest BCUT2D eigenvalue weighted by atomic mass is 10.1. The van der Waals surface area contributed by atoms with Crippen LogP contribution in [0, 0.1) is 0 Å². The lowest BCUT2D eigenvalue weighted by molar-refractivity contribution is -0.131. The molecule has 24 heavy (non-hydrogen) atoms. The summed E-state index contributed by atoms with van der Waals surface area (Å²) in [4.78, 5) is 27.8. The van der Waals surface area contributed by atoms with Crippen LogP contribution in [0.2, 0.25) is 0 Å². The van der Waals surface area contributed by atoms with Gasteiger partial charge in [0, 0.05) is 52.4 Å². The van der Waals surface area contributed by atoms with E-state index in [4.69, 9.17) is 0 Å². The third kappa shape index (κ3) is 3.32. The first kappa shape index (κ1) is 17.0. The molecule has 7 heteroatoms. The highest BCUT2D eigenvalue weighted by molar-refractivity contribution is 5.93. The van der Waals surface area contributed by atoms with Gasteiger partial charge >= 0.3 is 0 Å². The predicted octanol–water partition coefficient (Wildman–Crippen LogP) is -0.189. The molecule has 1 saturated heterocycles. The van der Waals surface area contributed by atoms with Gasteiger partial charge in [0.2, 0.25) is 5.91 Å². The van der Waals surface area contributed by atoms with Gasteiger partial charge in [-0.2, -0.15) is 0 Å². The van der Waals surface area contributed by atoms with E-state index in [1.807, 2.05) is 24.2 Å². The molecule has 1 aromatic heterocycles. The molecular weight excluding hydrogens is 308 g/mol. The Balaban J connectivity index is 1.55. The van der Waals surface area contributed by atoms with Gasteiger partial charge in [0.15, 0.2) is 0 Å². The van der Waals surface area contributed by atoms with Gasteiger partial charge in [-0.3, -0.25) is 14.5 Å². The molecule has 1 aliphatic carbocycles. The zero-order valence-electron chi connectivity index (χ0n) is 14.3. The second-order valence-electron chi connectivity index (χ2n) is 6.76. The van der Waals surface area contributed by atoms with E-state index in [1.165, 1.54) is 0 Å². The third-order valence-electron chi connectivity index (χ3n) is 5.30. The van der Waals surface area contributed by atoms with Gasteiger partial charge in [0.25, 0.3) is 5.91 Å². The standard InChI is InChI=1S/C17H26N4O3/c1-12(22)20-8-10-21(11-9-20)14-6-5-13(16(14)23)18-17(24)15-4-3-7-19(15)2/h3-4,7,13-14,16,23H,5-6,8-11H2,1-2H3,(H,18,24)/t13-,14-,16-/m1/s1. The van der Waals surface area contributed by atoms with Crippen LogP contribution in [-0.2, 0) is 11.8 Å². The molecule has 0 spiro atoms. The topological polar surface area (TPSA) is 77.8 Å². The van der Waals surface area contributed by atoms with Crippen molar-refractivity contribution in [1.29, 1.82) is 0 Å². The van der Waals surface area contributed by atoms with E-state index in [9.17, 15) is 14.7 Å². The highest BCUT2D eigenvalue weighted by Gasteiger charge is 2.40. The van der Waals surface area contributed by atoms with Gasteiger partial charge in [0.1, 0.15) is 5.69 Å². The minimum atomic E-state index is -0.571. The zero-order valence-corrected chi connectivity index (χ0v) is 14.3. The summed E-state index contributed by atoms with van der Waals surface area (Å²) in [6.07, 6.45) is 2.89. The molecule has 2 aliphatic rings. The summed E-state index contributed by atoms with van der Waals surface area (Å²) < 4.78 is 1.77. The summed E-state index contributed by atoms with van der Waals surface area (Å²) >= 11 is 0. The molecule has 2 N–H and O–H groups in total. The molecule has 0 bridgehead atoms. The van der Waals surface area contributed by atoms with Crippen molar-refractivity contribution in [2.75, 3.05) is 26.2 Å². The molecule has 0 aromatic carbocycles. The summed E-state index contributed by atoms with van der Waals surface area (Å²) in [6, 6.07) is 3.44. The average molecular weight is 334 g/mol. The van der Waals surface area contributed by atoms with Crippen molar-refractivity contribution in [3.8, 4) is 0 Å². The number of piperazine rings is 1.